The predicted molar refractivity (Wildman–Crippen MR) is 466 cm³/mol. The Morgan fingerprint density at radius 1 is 0.236 bits per heavy atom. The molecule has 0 spiro atoms. The molecule has 140 heavy (non-hydrogen) atoms. The second kappa shape index (κ2) is 68.1. The van der Waals surface area contributed by atoms with Crippen LogP contribution in [0.15, 0.2) is 82.6 Å². The van der Waals surface area contributed by atoms with Crippen molar-refractivity contribution in [2.45, 2.75) is 131 Å². The molecule has 736 valence electrons. The van der Waals surface area contributed by atoms with Crippen molar-refractivity contribution in [1.29, 1.82) is 0 Å². The first-order valence-corrected chi connectivity index (χ1v) is 52.0. The molecular formula is C44H56N2Na14O64S16. The van der Waals surface area contributed by atoms with Crippen molar-refractivity contribution in [2.75, 3.05) is 37.1 Å². The number of carbonyl (C=O) groups excluding carboxylic acids is 2. The molecule has 0 aromatic heterocycles. The monoisotopic (exact) mass is 2470 g/mol. The van der Waals surface area contributed by atoms with Gasteiger partial charge in [-0.3, -0.25) is 73.3 Å². The minimum atomic E-state index is -6.30. The average Bonchev–Trinajstić information content (AvgIpc) is 0.756. The van der Waals surface area contributed by atoms with E-state index in [-0.39, 0.29) is 470 Å². The first kappa shape index (κ1) is 164. The first-order chi connectivity index (χ1) is 56.9. The van der Waals surface area contributed by atoms with Gasteiger partial charge < -0.3 is 39.1 Å². The van der Waals surface area contributed by atoms with Gasteiger partial charge in [-0.2, -0.15) is 118 Å². The Kier molecular flexibility index (Phi) is 80.0. The zero-order valence-corrected chi connectivity index (χ0v) is 115. The summed E-state index contributed by atoms with van der Waals surface area (Å²) in [4.78, 5) is 26.6. The van der Waals surface area contributed by atoms with Crippen molar-refractivity contribution in [2.24, 2.45) is 0 Å². The van der Waals surface area contributed by atoms with Gasteiger partial charge in [-0.1, -0.05) is 23.5 Å². The number of nitrogens with one attached hydrogen (secondary N) is 2. The zero-order chi connectivity index (χ0) is 95.5. The Morgan fingerprint density at radius 2 is 0.414 bits per heavy atom. The number of ether oxygens (including phenoxy) is 6. The summed E-state index contributed by atoms with van der Waals surface area (Å²) in [5.41, 5.74) is -5.78. The molecule has 0 bridgehead atoms. The van der Waals surface area contributed by atoms with Gasteiger partial charge in [0.25, 0.3) is 11.8 Å². The van der Waals surface area contributed by atoms with Gasteiger partial charge in [0.05, 0.1) is 26.4 Å². The summed E-state index contributed by atoms with van der Waals surface area (Å²) in [6.07, 6.45) is -56.7. The number of hydrogen-bond donors (Lipinski definition) is 16. The summed E-state index contributed by atoms with van der Waals surface area (Å²) in [5.74, 6) is -2.00. The van der Waals surface area contributed by atoms with Gasteiger partial charge in [0.2, 0.25) is 0 Å². The van der Waals surface area contributed by atoms with Gasteiger partial charge in [0.1, 0.15) is 96.3 Å². The van der Waals surface area contributed by atoms with Crippen LogP contribution >= 0.6 is 23.5 Å². The summed E-state index contributed by atoms with van der Waals surface area (Å²) in [7, 11) is -85.4. The van der Waals surface area contributed by atoms with Crippen LogP contribution in [0.1, 0.15) is 20.7 Å². The molecule has 66 nitrogen and oxygen atoms in total. The van der Waals surface area contributed by atoms with E-state index in [1.807, 2.05) is 0 Å². The molecular weight excluding hydrogens is 2420 g/mol. The van der Waals surface area contributed by atoms with Crippen molar-refractivity contribution in [3.63, 3.8) is 0 Å². The van der Waals surface area contributed by atoms with Gasteiger partial charge in [0.15, 0.2) is 24.8 Å². The molecule has 4 aliphatic heterocycles. The van der Waals surface area contributed by atoms with Crippen molar-refractivity contribution < 1.29 is 278 Å². The molecule has 0 aliphatic carbocycles. The molecule has 20 atom stereocenters. The van der Waals surface area contributed by atoms with E-state index in [4.69, 9.17) is 28.4 Å². The largest absolute Gasteiger partial charge is 0.397 e. The minimum absolute atomic E-state index is 0. The summed E-state index contributed by atoms with van der Waals surface area (Å²) >= 11 is 0.212. The fraction of sp³-hybridized carbons (Fsp3) is 0.545. The number of thioether (sulfide) groups is 2. The van der Waals surface area contributed by atoms with Crippen LogP contribution in [0.4, 0.5) is 11.4 Å². The summed E-state index contributed by atoms with van der Waals surface area (Å²) in [6, 6.07) is 12.2. The maximum atomic E-state index is 13.6. The molecule has 7 rings (SSSR count). The van der Waals surface area contributed by atoms with Gasteiger partial charge in [-0.25, -0.2) is 58.6 Å². The molecule has 14 radical (unpaired) electrons. The molecule has 96 heteroatoms. The third-order valence-corrected chi connectivity index (χ3v) is 23.6. The Balaban J connectivity index is -0.00000207. The van der Waals surface area contributed by atoms with E-state index >= 15 is 0 Å². The quantitative estimate of drug-likeness (QED) is 0.0185. The Labute approximate surface area is 1110 Å². The second-order valence-corrected chi connectivity index (χ2v) is 41.1. The SMILES string of the molecule is O=C(Nc1ccc(S[C@@H]2O[C@H](COS(=O)(=O)O)[C@@H](O[C@H]3O[C@H](COS(=O)(=O)O)[C@@H](OS(=O)(=O)O)[C@H](OS(=O)(=O)O)[C@H]3OS(=O)(=O)O)[C@H](OS(=O)(=O)O)[C@H]2OS(=O)(=O)O)cc1)c1ccc(C(=O)Nc2ccc(S[C@@H]3O[C@H](COS(=O)(=O)O)[C@@H](O[C@H]4O[C@H](COS(=O)(=O)O)[C@@H](OS(=O)(=O)O)[C@H](OS(=O)(=O)O)[C@H]4OS(=O)(=O)O)[C@H](OS(=O)(=O)O)[C@H]3OS(=O)(=O)O)cc2)cc1.[Na].[Na].[Na].[Na].[Na].[Na].[Na].[Na].[Na].[Na].[Na].[Na].[Na].[Na]. The van der Waals surface area contributed by atoms with Crippen LogP contribution in [0, 0.1) is 0 Å². The smallest absolute Gasteiger partial charge is 0.356 e. The van der Waals surface area contributed by atoms with Gasteiger partial charge in [0, 0.05) is 446 Å². The minimum Gasteiger partial charge on any atom is -0.356 e. The van der Waals surface area contributed by atoms with Crippen molar-refractivity contribution in [3.05, 3.63) is 83.9 Å². The van der Waals surface area contributed by atoms with E-state index in [1.54, 1.807) is 0 Å². The predicted octanol–water partition coefficient (Wildman–Crippen LogP) is -12.1. The fourth-order valence-corrected chi connectivity index (χ4v) is 19.4. The van der Waals surface area contributed by atoms with E-state index < -0.39 is 305 Å². The number of benzene rings is 3. The van der Waals surface area contributed by atoms with Crippen LogP contribution in [-0.4, -0.2) is 755 Å². The number of hydrogen-bond acceptors (Lipinski definition) is 52. The van der Waals surface area contributed by atoms with E-state index in [0.29, 0.717) is 0 Å². The summed E-state index contributed by atoms with van der Waals surface area (Å²) in [6.45, 7) is -7.63. The van der Waals surface area contributed by atoms with E-state index in [9.17, 15) is 191 Å². The van der Waals surface area contributed by atoms with Crippen LogP contribution < -0.4 is 10.6 Å². The normalized spacial score (nSPS) is 25.4. The van der Waals surface area contributed by atoms with Crippen LogP contribution in [0.5, 0.6) is 0 Å². The van der Waals surface area contributed by atoms with E-state index in [2.05, 4.69) is 69.2 Å². The van der Waals surface area contributed by atoms with Crippen LogP contribution in [0.2, 0.25) is 0 Å². The molecule has 2 amide bonds. The summed E-state index contributed by atoms with van der Waals surface area (Å²) < 4.78 is 569. The number of anilines is 2. The molecule has 4 heterocycles. The van der Waals surface area contributed by atoms with Gasteiger partial charge in [-0.15, -0.1) is 0 Å². The maximum Gasteiger partial charge on any atom is 0.397 e. The Hall–Kier alpha value is 9.24. The Morgan fingerprint density at radius 3 is 0.614 bits per heavy atom. The third-order valence-electron chi connectivity index (χ3n) is 14.9. The number of carbonyl (C=O) groups is 2. The molecule has 4 fully saturated rings. The standard InChI is InChI=1S/C44H56N2O64S16.14Na/c47-39(45-19-5-9-21(10-6-19)111-43-37(109-125(85,86)87)31(103-119(67,68)69)27(23(97-43)13-91-113(49,50)51)99-41-35(107-123(79,80)81)33(105-121(73,74)75)29(101-117(61,62)63)25(95-41)15-93-115(55,56)57)17-1-2-18(4-3-17)40(48)46-20-7-11-22(12-8-20)112-44-38(110-126(88,89)90)32(104-120(70,71)72)28(24(98-44)14-92-114(52,53)54)100-42-36(108-124(82,83)84)34(106-122(76,77)78)30(102-118(64,65)66)26(96-42)16-94-116(58,59)60;;;;;;;;;;;;;;/h1-12,23-38,41-44H,13-16H2,(H,45,47)(H,46,48)(H,49,50,51)(H,52,53,54)(H,55,56,57)(H,58,59,60)(H,61,62,63)(H,64,65,66)(H,67,68,69)(H,70,71,72)(H,73,74,75)(H,76,77,78)(H,79,80,81)(H,82,83,84)(H,85,86,87)(H,88,89,90);;;;;;;;;;;;;;/t23-,24-,25-,26-,27-,28-,29-,30-,31+,32+,33+,34+,35-,36-,37-,38-,41-,42-,43+,44+;;;;;;;;;;;;;;/m1............../s1. The first-order valence-electron chi connectivity index (χ1n) is 31.1. The topological polar surface area (TPSA) is 1000 Å². The van der Waals surface area contributed by atoms with Crippen LogP contribution in [-0.2, 0) is 233 Å². The van der Waals surface area contributed by atoms with Crippen LogP contribution in [0.25, 0.3) is 0 Å². The average molecular weight is 2470 g/mol. The van der Waals surface area contributed by atoms with Gasteiger partial charge in [-0.05, 0) is 72.8 Å². The zero-order valence-electron chi connectivity index (χ0n) is 73.5. The van der Waals surface area contributed by atoms with Crippen molar-refractivity contribution in [3.8, 4) is 0 Å². The molecule has 4 saturated heterocycles. The van der Waals surface area contributed by atoms with E-state index in [0.717, 1.165) is 72.8 Å². The Bertz CT molecular complexity index is 5830. The molecule has 3 aromatic rings. The number of amides is 2. The van der Waals surface area contributed by atoms with Crippen LogP contribution in [0.3, 0.4) is 0 Å². The molecule has 3 aromatic carbocycles. The summed E-state index contributed by atoms with van der Waals surface area (Å²) in [5, 5.41) is 4.76. The second-order valence-electron chi connectivity index (χ2n) is 23.9. The molecule has 4 aliphatic rings. The van der Waals surface area contributed by atoms with Gasteiger partial charge >= 0.3 is 146 Å². The maximum absolute atomic E-state index is 13.6. The van der Waals surface area contributed by atoms with Crippen molar-refractivity contribution >= 4 is 606 Å². The number of rotatable bonds is 44. The van der Waals surface area contributed by atoms with E-state index in [1.165, 1.54) is 0 Å². The van der Waals surface area contributed by atoms with Crippen molar-refractivity contribution in [1.82, 2.24) is 0 Å². The fourth-order valence-electron chi connectivity index (χ4n) is 10.9. The molecule has 16 N–H and O–H groups in total. The third kappa shape index (κ3) is 62.1. The molecule has 0 saturated carbocycles. The molecule has 0 unspecified atom stereocenters.